The highest BCUT2D eigenvalue weighted by Gasteiger charge is 2.22. The zero-order valence-corrected chi connectivity index (χ0v) is 12.1. The van der Waals surface area contributed by atoms with Crippen LogP contribution < -0.4 is 5.48 Å². The Kier molecular flexibility index (Phi) is 6.32. The number of amides is 1. The van der Waals surface area contributed by atoms with E-state index in [0.717, 1.165) is 0 Å². The molecule has 1 aromatic rings. The van der Waals surface area contributed by atoms with Crippen LogP contribution in [0.2, 0.25) is 0 Å². The number of halogens is 4. The summed E-state index contributed by atoms with van der Waals surface area (Å²) < 4.78 is 15.3. The number of rotatable bonds is 3. The first-order valence-electron chi connectivity index (χ1n) is 5.20. The summed E-state index contributed by atoms with van der Waals surface area (Å²) in [6.45, 7) is -0.501. The molecule has 5 nitrogen and oxygen atoms in total. The lowest BCUT2D eigenvalue weighted by atomic mass is 10.1. The second-order valence-corrected chi connectivity index (χ2v) is 6.09. The second-order valence-electron chi connectivity index (χ2n) is 3.57. The SMILES string of the molecule is O=C(Cc1ccc(F)cc1)ONC(=O)OCC(Cl)(Cl)Cl. The summed E-state index contributed by atoms with van der Waals surface area (Å²) in [6.07, 6.45) is -1.23. The molecule has 0 unspecified atom stereocenters. The monoisotopic (exact) mass is 343 g/mol. The Morgan fingerprint density at radius 2 is 1.80 bits per heavy atom. The zero-order valence-electron chi connectivity index (χ0n) is 9.87. The van der Waals surface area contributed by atoms with E-state index in [1.165, 1.54) is 24.3 Å². The molecule has 0 heterocycles. The quantitative estimate of drug-likeness (QED) is 0.676. The number of hydrogen-bond donors (Lipinski definition) is 1. The molecule has 9 heteroatoms. The molecule has 0 radical (unpaired) electrons. The fourth-order valence-electron chi connectivity index (χ4n) is 1.08. The van der Waals surface area contributed by atoms with Gasteiger partial charge in [0.05, 0.1) is 6.42 Å². The van der Waals surface area contributed by atoms with Gasteiger partial charge in [-0.05, 0) is 17.7 Å². The predicted octanol–water partition coefficient (Wildman–Crippen LogP) is 2.92. The highest BCUT2D eigenvalue weighted by molar-refractivity contribution is 6.67. The third-order valence-corrected chi connectivity index (χ3v) is 2.20. The van der Waals surface area contributed by atoms with E-state index in [0.29, 0.717) is 5.56 Å². The normalized spacial score (nSPS) is 10.8. The molecular weight excluding hydrogens is 335 g/mol. The van der Waals surface area contributed by atoms with Crippen molar-refractivity contribution in [2.75, 3.05) is 6.61 Å². The van der Waals surface area contributed by atoms with Gasteiger partial charge >= 0.3 is 12.1 Å². The van der Waals surface area contributed by atoms with Crippen LogP contribution in [0.3, 0.4) is 0 Å². The topological polar surface area (TPSA) is 64.6 Å². The number of carbonyl (C=O) groups excluding carboxylic acids is 2. The van der Waals surface area contributed by atoms with Crippen LogP contribution in [0, 0.1) is 5.82 Å². The maximum absolute atomic E-state index is 12.6. The van der Waals surface area contributed by atoms with Crippen molar-refractivity contribution in [3.05, 3.63) is 35.6 Å². The molecule has 0 bridgehead atoms. The highest BCUT2D eigenvalue weighted by Crippen LogP contribution is 2.25. The van der Waals surface area contributed by atoms with E-state index in [1.54, 1.807) is 5.48 Å². The van der Waals surface area contributed by atoms with Crippen molar-refractivity contribution in [1.82, 2.24) is 5.48 Å². The molecular formula is C11H9Cl3FNO4. The standard InChI is InChI=1S/C11H9Cl3FNO4/c12-11(13,14)6-19-10(18)16-20-9(17)5-7-1-3-8(15)4-2-7/h1-4H,5-6H2,(H,16,18). The molecule has 1 N–H and O–H groups in total. The average Bonchev–Trinajstić information content (AvgIpc) is 2.36. The minimum absolute atomic E-state index is 0.148. The number of benzene rings is 1. The largest absolute Gasteiger partial charge is 0.443 e. The summed E-state index contributed by atoms with van der Waals surface area (Å²) in [5.41, 5.74) is 2.25. The molecule has 1 amide bonds. The third kappa shape index (κ3) is 7.37. The van der Waals surface area contributed by atoms with Crippen LogP contribution in [0.4, 0.5) is 9.18 Å². The molecule has 0 aliphatic rings. The molecule has 0 atom stereocenters. The first-order valence-corrected chi connectivity index (χ1v) is 6.33. The molecule has 0 spiro atoms. The van der Waals surface area contributed by atoms with Crippen LogP contribution in [0.1, 0.15) is 5.56 Å². The molecule has 1 aromatic carbocycles. The van der Waals surface area contributed by atoms with Crippen molar-refractivity contribution in [2.45, 2.75) is 10.2 Å². The van der Waals surface area contributed by atoms with Crippen LogP contribution in [0.25, 0.3) is 0 Å². The van der Waals surface area contributed by atoms with Crippen LogP contribution in [-0.2, 0) is 20.8 Å². The van der Waals surface area contributed by atoms with E-state index < -0.39 is 28.3 Å². The maximum atomic E-state index is 12.6. The minimum atomic E-state index is -1.75. The van der Waals surface area contributed by atoms with Crippen LogP contribution in [0.5, 0.6) is 0 Å². The van der Waals surface area contributed by atoms with E-state index in [1.807, 2.05) is 0 Å². The minimum Gasteiger partial charge on any atom is -0.443 e. The van der Waals surface area contributed by atoms with Crippen LogP contribution >= 0.6 is 34.8 Å². The van der Waals surface area contributed by atoms with E-state index in [9.17, 15) is 14.0 Å². The molecule has 0 aliphatic heterocycles. The van der Waals surface area contributed by atoms with Gasteiger partial charge in [-0.15, -0.1) is 5.48 Å². The maximum Gasteiger partial charge on any atom is 0.440 e. The number of ether oxygens (including phenoxy) is 1. The lowest BCUT2D eigenvalue weighted by Gasteiger charge is -2.11. The first kappa shape index (κ1) is 16.8. The molecule has 20 heavy (non-hydrogen) atoms. The third-order valence-electron chi connectivity index (χ3n) is 1.88. The number of hydrogen-bond acceptors (Lipinski definition) is 4. The van der Waals surface area contributed by atoms with Gasteiger partial charge in [-0.3, -0.25) is 0 Å². The number of nitrogens with one attached hydrogen (secondary N) is 1. The molecule has 0 saturated carbocycles. The Morgan fingerprint density at radius 3 is 2.35 bits per heavy atom. The van der Waals surface area contributed by atoms with Gasteiger partial charge in [0, 0.05) is 0 Å². The van der Waals surface area contributed by atoms with Gasteiger partial charge in [-0.25, -0.2) is 14.0 Å². The lowest BCUT2D eigenvalue weighted by Crippen LogP contribution is -2.30. The first-order chi connectivity index (χ1) is 9.26. The van der Waals surface area contributed by atoms with Crippen LogP contribution in [-0.4, -0.2) is 22.5 Å². The Labute approximate surface area is 128 Å². The molecule has 0 saturated heterocycles. The summed E-state index contributed by atoms with van der Waals surface area (Å²) in [7, 11) is 0. The van der Waals surface area contributed by atoms with Gasteiger partial charge in [0.15, 0.2) is 0 Å². The van der Waals surface area contributed by atoms with Crippen molar-refractivity contribution in [1.29, 1.82) is 0 Å². The smallest absolute Gasteiger partial charge is 0.440 e. The van der Waals surface area contributed by atoms with Gasteiger partial charge in [0.25, 0.3) is 0 Å². The van der Waals surface area contributed by atoms with Gasteiger partial charge in [-0.2, -0.15) is 0 Å². The summed E-state index contributed by atoms with van der Waals surface area (Å²) in [6, 6.07) is 5.23. The zero-order chi connectivity index (χ0) is 15.2. The highest BCUT2D eigenvalue weighted by atomic mass is 35.6. The summed E-state index contributed by atoms with van der Waals surface area (Å²) in [4.78, 5) is 26.8. The second kappa shape index (κ2) is 7.52. The van der Waals surface area contributed by atoms with Crippen molar-refractivity contribution in [3.63, 3.8) is 0 Å². The van der Waals surface area contributed by atoms with Gasteiger partial charge in [0.2, 0.25) is 3.79 Å². The van der Waals surface area contributed by atoms with E-state index >= 15 is 0 Å². The van der Waals surface area contributed by atoms with Crippen molar-refractivity contribution in [3.8, 4) is 0 Å². The van der Waals surface area contributed by atoms with Crippen molar-refractivity contribution >= 4 is 46.9 Å². The van der Waals surface area contributed by atoms with Gasteiger partial charge < -0.3 is 9.57 Å². The van der Waals surface area contributed by atoms with Crippen molar-refractivity contribution < 1.29 is 23.6 Å². The molecule has 0 fully saturated rings. The summed E-state index contributed by atoms with van der Waals surface area (Å²) in [5.74, 6) is -1.18. The Hall–Kier alpha value is -1.24. The number of carbonyl (C=O) groups is 2. The molecule has 110 valence electrons. The van der Waals surface area contributed by atoms with Crippen LogP contribution in [0.15, 0.2) is 24.3 Å². The fourth-order valence-corrected chi connectivity index (χ4v) is 1.24. The molecule has 0 aromatic heterocycles. The summed E-state index contributed by atoms with van der Waals surface area (Å²) >= 11 is 16.0. The lowest BCUT2D eigenvalue weighted by molar-refractivity contribution is -0.148. The Balaban J connectivity index is 2.29. The number of alkyl halides is 3. The summed E-state index contributed by atoms with van der Waals surface area (Å²) in [5, 5.41) is 0. The molecule has 0 aliphatic carbocycles. The van der Waals surface area contributed by atoms with E-state index in [2.05, 4.69) is 9.57 Å². The Morgan fingerprint density at radius 1 is 1.20 bits per heavy atom. The van der Waals surface area contributed by atoms with Crippen molar-refractivity contribution in [2.24, 2.45) is 0 Å². The number of hydroxylamine groups is 1. The molecule has 1 rings (SSSR count). The van der Waals surface area contributed by atoms with E-state index in [-0.39, 0.29) is 6.42 Å². The fraction of sp³-hybridized carbons (Fsp3) is 0.273. The predicted molar refractivity (Wildman–Crippen MR) is 71.0 cm³/mol. The van der Waals surface area contributed by atoms with Gasteiger partial charge in [-0.1, -0.05) is 46.9 Å². The average molecular weight is 345 g/mol. The van der Waals surface area contributed by atoms with E-state index in [4.69, 9.17) is 34.8 Å². The van der Waals surface area contributed by atoms with Gasteiger partial charge in [0.1, 0.15) is 12.4 Å². The Bertz CT molecular complexity index is 476.